The van der Waals surface area contributed by atoms with Gasteiger partial charge >= 0.3 is 0 Å². The summed E-state index contributed by atoms with van der Waals surface area (Å²) in [4.78, 5) is 15.7. The molecule has 0 saturated heterocycles. The van der Waals surface area contributed by atoms with Crippen LogP contribution in [-0.4, -0.2) is 30.5 Å². The fraction of sp³-hybridized carbons (Fsp3) is 0.833. The van der Waals surface area contributed by atoms with E-state index in [-0.39, 0.29) is 23.9 Å². The highest BCUT2D eigenvalue weighted by molar-refractivity contribution is 5.88. The summed E-state index contributed by atoms with van der Waals surface area (Å²) >= 11 is 0. The van der Waals surface area contributed by atoms with Crippen LogP contribution in [0.5, 0.6) is 0 Å². The third-order valence-corrected chi connectivity index (χ3v) is 2.76. The minimum absolute atomic E-state index is 0.0435. The van der Waals surface area contributed by atoms with E-state index >= 15 is 0 Å². The van der Waals surface area contributed by atoms with Crippen LogP contribution in [0.1, 0.15) is 34.6 Å². The molecular formula is C12H22N2O2. The van der Waals surface area contributed by atoms with E-state index in [4.69, 9.17) is 4.74 Å². The Morgan fingerprint density at radius 2 is 2.06 bits per heavy atom. The maximum Gasteiger partial charge on any atom is 0.217 e. The van der Waals surface area contributed by atoms with Gasteiger partial charge in [-0.1, -0.05) is 27.7 Å². The highest BCUT2D eigenvalue weighted by atomic mass is 16.5. The number of carbonyl (C=O) groups is 1. The quantitative estimate of drug-likeness (QED) is 0.791. The molecule has 16 heavy (non-hydrogen) atoms. The van der Waals surface area contributed by atoms with Crippen LogP contribution in [0.2, 0.25) is 0 Å². The maximum absolute atomic E-state index is 11.1. The topological polar surface area (TPSA) is 50.7 Å². The Labute approximate surface area is 97.5 Å². The lowest BCUT2D eigenvalue weighted by molar-refractivity contribution is -0.119. The SMILES string of the molecule is CC(=O)N[C@H](C1=N[C@@H](C(C)C)CO1)C(C)C. The van der Waals surface area contributed by atoms with Crippen molar-refractivity contribution in [1.82, 2.24) is 5.32 Å². The van der Waals surface area contributed by atoms with Gasteiger partial charge in [0.1, 0.15) is 12.6 Å². The Morgan fingerprint density at radius 3 is 2.44 bits per heavy atom. The third-order valence-electron chi connectivity index (χ3n) is 2.76. The first kappa shape index (κ1) is 13.0. The molecule has 0 spiro atoms. The molecule has 0 fully saturated rings. The zero-order valence-corrected chi connectivity index (χ0v) is 10.8. The van der Waals surface area contributed by atoms with Gasteiger partial charge < -0.3 is 10.1 Å². The predicted octanol–water partition coefficient (Wildman–Crippen LogP) is 1.60. The van der Waals surface area contributed by atoms with Crippen LogP contribution in [0.25, 0.3) is 0 Å². The van der Waals surface area contributed by atoms with Gasteiger partial charge in [0.2, 0.25) is 11.8 Å². The van der Waals surface area contributed by atoms with Gasteiger partial charge in [-0.05, 0) is 11.8 Å². The van der Waals surface area contributed by atoms with Crippen LogP contribution in [0.15, 0.2) is 4.99 Å². The summed E-state index contributed by atoms with van der Waals surface area (Å²) in [7, 11) is 0. The predicted molar refractivity (Wildman–Crippen MR) is 64.5 cm³/mol. The van der Waals surface area contributed by atoms with E-state index in [1.54, 1.807) is 0 Å². The van der Waals surface area contributed by atoms with Gasteiger partial charge in [-0.3, -0.25) is 4.79 Å². The first-order chi connectivity index (χ1) is 7.41. The summed E-state index contributed by atoms with van der Waals surface area (Å²) < 4.78 is 5.59. The van der Waals surface area contributed by atoms with E-state index in [1.807, 2.05) is 0 Å². The Kier molecular flexibility index (Phi) is 4.33. The third kappa shape index (κ3) is 3.22. The van der Waals surface area contributed by atoms with Crippen molar-refractivity contribution in [1.29, 1.82) is 0 Å². The molecule has 0 aromatic carbocycles. The van der Waals surface area contributed by atoms with Crippen molar-refractivity contribution in [2.24, 2.45) is 16.8 Å². The molecule has 0 unspecified atom stereocenters. The Bertz CT molecular complexity index is 285. The molecule has 1 aliphatic heterocycles. The lowest BCUT2D eigenvalue weighted by Crippen LogP contribution is -2.43. The smallest absolute Gasteiger partial charge is 0.217 e. The first-order valence-electron chi connectivity index (χ1n) is 5.89. The number of hydrogen-bond donors (Lipinski definition) is 1. The highest BCUT2D eigenvalue weighted by Crippen LogP contribution is 2.17. The fourth-order valence-electron chi connectivity index (χ4n) is 1.65. The van der Waals surface area contributed by atoms with Gasteiger partial charge in [0.25, 0.3) is 0 Å². The second-order valence-corrected chi connectivity index (χ2v) is 5.01. The van der Waals surface area contributed by atoms with Crippen LogP contribution in [0.3, 0.4) is 0 Å². The monoisotopic (exact) mass is 226 g/mol. The molecule has 0 aromatic rings. The standard InChI is InChI=1S/C12H22N2O2/c1-7(2)10-6-16-12(14-10)11(8(3)4)13-9(5)15/h7-8,10-11H,6H2,1-5H3,(H,13,15)/t10-,11+/m1/s1. The number of ether oxygens (including phenoxy) is 1. The zero-order chi connectivity index (χ0) is 12.3. The molecule has 4 nitrogen and oxygen atoms in total. The summed E-state index contributed by atoms with van der Waals surface area (Å²) in [6, 6.07) is 0.131. The molecule has 2 atom stereocenters. The number of nitrogens with zero attached hydrogens (tertiary/aromatic N) is 1. The molecule has 1 heterocycles. The van der Waals surface area contributed by atoms with Gasteiger partial charge in [0.05, 0.1) is 6.04 Å². The molecule has 0 aliphatic carbocycles. The molecule has 92 valence electrons. The molecular weight excluding hydrogens is 204 g/mol. The largest absolute Gasteiger partial charge is 0.477 e. The Morgan fingerprint density at radius 1 is 1.44 bits per heavy atom. The summed E-state index contributed by atoms with van der Waals surface area (Å²) in [5, 5.41) is 2.89. The van der Waals surface area contributed by atoms with E-state index in [0.29, 0.717) is 18.4 Å². The van der Waals surface area contributed by atoms with E-state index < -0.39 is 0 Å². The van der Waals surface area contributed by atoms with Crippen molar-refractivity contribution >= 4 is 11.8 Å². The van der Waals surface area contributed by atoms with Crippen LogP contribution < -0.4 is 5.32 Å². The van der Waals surface area contributed by atoms with Crippen molar-refractivity contribution in [3.63, 3.8) is 0 Å². The molecule has 0 bridgehead atoms. The number of nitrogens with one attached hydrogen (secondary N) is 1. The average Bonchev–Trinajstić information content (AvgIpc) is 2.61. The van der Waals surface area contributed by atoms with Crippen molar-refractivity contribution in [3.8, 4) is 0 Å². The first-order valence-corrected chi connectivity index (χ1v) is 5.89. The van der Waals surface area contributed by atoms with Gasteiger partial charge in [0, 0.05) is 6.92 Å². The number of carbonyl (C=O) groups excluding carboxylic acids is 1. The van der Waals surface area contributed by atoms with Crippen molar-refractivity contribution in [2.75, 3.05) is 6.61 Å². The second kappa shape index (κ2) is 5.32. The summed E-state index contributed by atoms with van der Waals surface area (Å²) in [5.74, 6) is 1.40. The molecule has 1 aliphatic rings. The summed E-state index contributed by atoms with van der Waals surface area (Å²) in [5.41, 5.74) is 0. The highest BCUT2D eigenvalue weighted by Gasteiger charge is 2.29. The van der Waals surface area contributed by atoms with Crippen LogP contribution in [0.4, 0.5) is 0 Å². The van der Waals surface area contributed by atoms with E-state index in [9.17, 15) is 4.79 Å². The zero-order valence-electron chi connectivity index (χ0n) is 10.8. The van der Waals surface area contributed by atoms with E-state index in [2.05, 4.69) is 38.0 Å². The van der Waals surface area contributed by atoms with Crippen molar-refractivity contribution in [2.45, 2.75) is 46.7 Å². The second-order valence-electron chi connectivity index (χ2n) is 5.01. The van der Waals surface area contributed by atoms with Gasteiger partial charge in [-0.25, -0.2) is 4.99 Å². The van der Waals surface area contributed by atoms with E-state index in [1.165, 1.54) is 6.92 Å². The molecule has 0 saturated carbocycles. The molecule has 0 radical (unpaired) electrons. The summed E-state index contributed by atoms with van der Waals surface area (Å²) in [6.45, 7) is 10.5. The molecule has 1 N–H and O–H groups in total. The number of aliphatic imine (C=N–C) groups is 1. The van der Waals surface area contributed by atoms with Crippen molar-refractivity contribution < 1.29 is 9.53 Å². The molecule has 4 heteroatoms. The minimum atomic E-state index is -0.0961. The Balaban J connectivity index is 2.73. The maximum atomic E-state index is 11.1. The number of amides is 1. The lowest BCUT2D eigenvalue weighted by Gasteiger charge is -2.20. The fourth-order valence-corrected chi connectivity index (χ4v) is 1.65. The lowest BCUT2D eigenvalue weighted by atomic mass is 10.0. The normalized spacial score (nSPS) is 21.9. The van der Waals surface area contributed by atoms with Gasteiger partial charge in [-0.2, -0.15) is 0 Å². The molecule has 1 amide bonds. The van der Waals surface area contributed by atoms with Crippen molar-refractivity contribution in [3.05, 3.63) is 0 Å². The van der Waals surface area contributed by atoms with Gasteiger partial charge in [0.15, 0.2) is 0 Å². The average molecular weight is 226 g/mol. The van der Waals surface area contributed by atoms with Crippen LogP contribution >= 0.6 is 0 Å². The van der Waals surface area contributed by atoms with Crippen LogP contribution in [0, 0.1) is 11.8 Å². The Hall–Kier alpha value is -1.06. The molecule has 1 rings (SSSR count). The molecule has 0 aromatic heterocycles. The number of rotatable bonds is 4. The van der Waals surface area contributed by atoms with Crippen LogP contribution in [-0.2, 0) is 9.53 Å². The number of hydrogen-bond acceptors (Lipinski definition) is 3. The summed E-state index contributed by atoms with van der Waals surface area (Å²) in [6.07, 6.45) is 0. The minimum Gasteiger partial charge on any atom is -0.477 e. The van der Waals surface area contributed by atoms with Gasteiger partial charge in [-0.15, -0.1) is 0 Å². The van der Waals surface area contributed by atoms with E-state index in [0.717, 1.165) is 0 Å².